The van der Waals surface area contributed by atoms with Crippen LogP contribution in [0.5, 0.6) is 5.75 Å². The maximum Gasteiger partial charge on any atom is 0.305 e. The Morgan fingerprint density at radius 1 is 0.870 bits per heavy atom. The highest BCUT2D eigenvalue weighted by Gasteiger charge is 2.39. The van der Waals surface area contributed by atoms with Crippen molar-refractivity contribution < 1.29 is 24.6 Å². The molecule has 0 aromatic heterocycles. The number of phenols is 1. The van der Waals surface area contributed by atoms with Gasteiger partial charge in [-0.1, -0.05) is 42.5 Å². The summed E-state index contributed by atoms with van der Waals surface area (Å²) in [6.45, 7) is 0.147. The molecule has 0 aliphatic carbocycles. The van der Waals surface area contributed by atoms with Gasteiger partial charge in [-0.05, 0) is 65.6 Å². The molecule has 0 bridgehead atoms. The number of fused-ring (bicyclic) bond motifs is 3. The second-order valence-corrected chi connectivity index (χ2v) is 10.6. The van der Waals surface area contributed by atoms with Crippen LogP contribution in [0.25, 0.3) is 16.3 Å². The number of aliphatic carboxylic acids is 1. The highest BCUT2D eigenvalue weighted by molar-refractivity contribution is 6.37. The van der Waals surface area contributed by atoms with Crippen molar-refractivity contribution in [3.05, 3.63) is 125 Å². The molecule has 0 fully saturated rings. The SMILES string of the molecule is CN1/C(=C\C=C2/C(=O)N(c3ccc(C#N)cc3)C(=O)C(C#N)=C2c2ccc(O)cc2)N(CCC(=O)O)c2ccc3ccccc3c21. The van der Waals surface area contributed by atoms with Gasteiger partial charge in [0.25, 0.3) is 11.8 Å². The second-order valence-electron chi connectivity index (χ2n) is 10.6. The molecule has 0 unspecified atom stereocenters. The third-order valence-electron chi connectivity index (χ3n) is 7.97. The number of nitriles is 2. The molecule has 2 N–H and O–H groups in total. The van der Waals surface area contributed by atoms with Crippen molar-refractivity contribution in [2.45, 2.75) is 6.42 Å². The fourth-order valence-corrected chi connectivity index (χ4v) is 5.81. The zero-order chi connectivity index (χ0) is 32.5. The van der Waals surface area contributed by atoms with Gasteiger partial charge in [-0.3, -0.25) is 14.4 Å². The number of hydrogen-bond donors (Lipinski definition) is 2. The Morgan fingerprint density at radius 3 is 2.26 bits per heavy atom. The van der Waals surface area contributed by atoms with E-state index in [2.05, 4.69) is 0 Å². The maximum atomic E-state index is 14.2. The fourth-order valence-electron chi connectivity index (χ4n) is 5.81. The third-order valence-corrected chi connectivity index (χ3v) is 7.97. The first-order valence-corrected chi connectivity index (χ1v) is 14.2. The van der Waals surface area contributed by atoms with Crippen LogP contribution in [0.4, 0.5) is 17.1 Å². The molecule has 0 saturated carbocycles. The minimum atomic E-state index is -0.968. The Balaban J connectivity index is 1.55. The number of anilines is 3. The third kappa shape index (κ3) is 5.00. The Hall–Kier alpha value is -6.65. The van der Waals surface area contributed by atoms with E-state index in [4.69, 9.17) is 0 Å². The Kier molecular flexibility index (Phi) is 7.54. The number of imide groups is 1. The molecule has 2 heterocycles. The maximum absolute atomic E-state index is 14.2. The molecule has 4 aromatic rings. The van der Waals surface area contributed by atoms with Crippen molar-refractivity contribution in [1.29, 1.82) is 10.5 Å². The number of hydrogen-bond acceptors (Lipinski definition) is 8. The number of carbonyl (C=O) groups is 3. The lowest BCUT2D eigenvalue weighted by molar-refractivity contribution is -0.136. The summed E-state index contributed by atoms with van der Waals surface area (Å²) >= 11 is 0. The molecule has 46 heavy (non-hydrogen) atoms. The van der Waals surface area contributed by atoms with E-state index in [9.17, 15) is 35.1 Å². The van der Waals surface area contributed by atoms with Gasteiger partial charge in [0.2, 0.25) is 0 Å². The summed E-state index contributed by atoms with van der Waals surface area (Å²) in [7, 11) is 1.85. The molecule has 2 aliphatic rings. The van der Waals surface area contributed by atoms with Crippen LogP contribution in [-0.4, -0.2) is 41.6 Å². The van der Waals surface area contributed by atoms with Crippen LogP contribution in [0.2, 0.25) is 0 Å². The number of allylic oxidation sites excluding steroid dienone is 2. The highest BCUT2D eigenvalue weighted by Crippen LogP contribution is 2.46. The summed E-state index contributed by atoms with van der Waals surface area (Å²) in [6.07, 6.45) is 3.05. The Labute approximate surface area is 263 Å². The van der Waals surface area contributed by atoms with Crippen LogP contribution in [0.1, 0.15) is 17.5 Å². The molecule has 0 spiro atoms. The first kappa shape index (κ1) is 29.4. The van der Waals surface area contributed by atoms with Crippen LogP contribution in [0, 0.1) is 22.7 Å². The van der Waals surface area contributed by atoms with Gasteiger partial charge >= 0.3 is 5.97 Å². The molecule has 10 nitrogen and oxygen atoms in total. The van der Waals surface area contributed by atoms with Crippen molar-refractivity contribution in [2.24, 2.45) is 0 Å². The zero-order valence-electron chi connectivity index (χ0n) is 24.5. The molecule has 0 radical (unpaired) electrons. The molecule has 6 rings (SSSR count). The van der Waals surface area contributed by atoms with E-state index >= 15 is 0 Å². The van der Waals surface area contributed by atoms with Crippen molar-refractivity contribution in [2.75, 3.05) is 28.3 Å². The normalized spacial score (nSPS) is 16.3. The highest BCUT2D eigenvalue weighted by atomic mass is 16.4. The second kappa shape index (κ2) is 11.8. The summed E-state index contributed by atoms with van der Waals surface area (Å²) in [4.78, 5) is 44.2. The molecule has 0 saturated heterocycles. The number of rotatable bonds is 6. The fraction of sp³-hybridized carbons (Fsp3) is 0.0833. The molecule has 2 amide bonds. The van der Waals surface area contributed by atoms with E-state index in [0.717, 1.165) is 27.0 Å². The number of nitrogens with zero attached hydrogens (tertiary/aromatic N) is 5. The quantitative estimate of drug-likeness (QED) is 0.215. The van der Waals surface area contributed by atoms with Crippen molar-refractivity contribution in [1.82, 2.24) is 0 Å². The molecule has 10 heteroatoms. The molecule has 2 aliphatic heterocycles. The lowest BCUT2D eigenvalue weighted by Crippen LogP contribution is -2.43. The van der Waals surface area contributed by atoms with Gasteiger partial charge in [-0.15, -0.1) is 0 Å². The number of carboxylic acid groups (broad SMARTS) is 1. The summed E-state index contributed by atoms with van der Waals surface area (Å²) in [5, 5.41) is 40.9. The topological polar surface area (TPSA) is 149 Å². The van der Waals surface area contributed by atoms with E-state index in [0.29, 0.717) is 16.9 Å². The largest absolute Gasteiger partial charge is 0.508 e. The van der Waals surface area contributed by atoms with Gasteiger partial charge < -0.3 is 20.0 Å². The predicted molar refractivity (Wildman–Crippen MR) is 172 cm³/mol. The number of benzene rings is 4. The van der Waals surface area contributed by atoms with E-state index in [-0.39, 0.29) is 41.1 Å². The smallest absolute Gasteiger partial charge is 0.305 e. The van der Waals surface area contributed by atoms with Crippen LogP contribution >= 0.6 is 0 Å². The van der Waals surface area contributed by atoms with E-state index in [1.807, 2.05) is 65.4 Å². The van der Waals surface area contributed by atoms with Gasteiger partial charge in [-0.25, -0.2) is 4.90 Å². The summed E-state index contributed by atoms with van der Waals surface area (Å²) in [5.41, 5.74) is 2.40. The minimum Gasteiger partial charge on any atom is -0.508 e. The molecular weight excluding hydrogens is 582 g/mol. The van der Waals surface area contributed by atoms with Gasteiger partial charge in [0.05, 0.1) is 35.1 Å². The molecule has 224 valence electrons. The average Bonchev–Trinajstić information content (AvgIpc) is 3.34. The summed E-state index contributed by atoms with van der Waals surface area (Å²) < 4.78 is 0. The summed E-state index contributed by atoms with van der Waals surface area (Å²) in [6, 6.07) is 27.4. The van der Waals surface area contributed by atoms with Crippen molar-refractivity contribution >= 4 is 51.2 Å². The standard InChI is InChI=1S/C36H25N5O5/c1-39-31(40(19-18-32(43)44)30-16-10-23-4-2-3-5-27(23)34(30)39)17-15-28-33(24-8-13-26(42)14-9-24)29(21-38)36(46)41(35(28)45)25-11-6-22(20-37)7-12-25/h2-17,42H,18-19H2,1H3,(H,43,44)/b28-15-,31-17+. The number of carbonyl (C=O) groups excluding carboxylic acids is 2. The van der Waals surface area contributed by atoms with Gasteiger partial charge in [0.1, 0.15) is 23.2 Å². The minimum absolute atomic E-state index is 0.0326. The number of aromatic hydroxyl groups is 1. The monoisotopic (exact) mass is 607 g/mol. The van der Waals surface area contributed by atoms with Crippen LogP contribution in [-0.2, 0) is 14.4 Å². The lowest BCUT2D eigenvalue weighted by atomic mass is 9.88. The molecule has 4 aromatic carbocycles. The Bertz CT molecular complexity index is 2120. The summed E-state index contributed by atoms with van der Waals surface area (Å²) in [5.74, 6) is -1.95. The van der Waals surface area contributed by atoms with Gasteiger partial charge in [-0.2, -0.15) is 10.5 Å². The van der Waals surface area contributed by atoms with Crippen molar-refractivity contribution in [3.8, 4) is 17.9 Å². The van der Waals surface area contributed by atoms with E-state index in [1.54, 1.807) is 6.08 Å². The van der Waals surface area contributed by atoms with Crippen molar-refractivity contribution in [3.63, 3.8) is 0 Å². The molecule has 0 atom stereocenters. The Morgan fingerprint density at radius 2 is 1.59 bits per heavy atom. The zero-order valence-corrected chi connectivity index (χ0v) is 24.5. The molecular formula is C36H25N5O5. The first-order chi connectivity index (χ1) is 22.2. The number of amides is 2. The lowest BCUT2D eigenvalue weighted by Gasteiger charge is -2.29. The van der Waals surface area contributed by atoms with E-state index in [1.165, 1.54) is 54.6 Å². The van der Waals surface area contributed by atoms with Gasteiger partial charge in [0, 0.05) is 30.1 Å². The van der Waals surface area contributed by atoms with Crippen LogP contribution in [0.15, 0.2) is 114 Å². The number of carboxylic acids is 1. The first-order valence-electron chi connectivity index (χ1n) is 14.2. The predicted octanol–water partition coefficient (Wildman–Crippen LogP) is 5.47. The van der Waals surface area contributed by atoms with Crippen LogP contribution in [0.3, 0.4) is 0 Å². The average molecular weight is 608 g/mol. The number of phenolic OH excluding ortho intramolecular Hbond substituents is 1. The van der Waals surface area contributed by atoms with E-state index < -0.39 is 17.8 Å². The van der Waals surface area contributed by atoms with Crippen LogP contribution < -0.4 is 14.7 Å². The van der Waals surface area contributed by atoms with Gasteiger partial charge in [0.15, 0.2) is 0 Å².